The molecule has 4 nitrogen and oxygen atoms in total. The lowest BCUT2D eigenvalue weighted by Gasteiger charge is -2.30. The number of piperazine rings is 1. The molecule has 0 radical (unpaired) electrons. The van der Waals surface area contributed by atoms with Crippen molar-refractivity contribution in [1.29, 1.82) is 0 Å². The number of nitrogens with one attached hydrogen (secondary N) is 1. The summed E-state index contributed by atoms with van der Waals surface area (Å²) in [4.78, 5) is 10.7. The van der Waals surface area contributed by atoms with E-state index in [4.69, 9.17) is 0 Å². The normalized spacial score (nSPS) is 14.0. The van der Waals surface area contributed by atoms with E-state index in [1.807, 2.05) is 6.20 Å². The minimum absolute atomic E-state index is 0. The molecule has 2 aromatic rings. The van der Waals surface area contributed by atoms with Crippen molar-refractivity contribution in [3.05, 3.63) is 42.6 Å². The molecule has 1 aromatic carbocycles. The van der Waals surface area contributed by atoms with Gasteiger partial charge in [0, 0.05) is 31.7 Å². The zero-order chi connectivity index (χ0) is 13.1. The molecular formula is C14H17Cl2FN4. The van der Waals surface area contributed by atoms with E-state index in [0.717, 1.165) is 43.1 Å². The van der Waals surface area contributed by atoms with Gasteiger partial charge in [0.1, 0.15) is 12.1 Å². The maximum atomic E-state index is 13.0. The molecule has 3 rings (SSSR count). The van der Waals surface area contributed by atoms with E-state index >= 15 is 0 Å². The van der Waals surface area contributed by atoms with Crippen LogP contribution in [0.4, 0.5) is 10.1 Å². The summed E-state index contributed by atoms with van der Waals surface area (Å²) in [7, 11) is 0. The second kappa shape index (κ2) is 8.12. The molecule has 0 aliphatic carbocycles. The summed E-state index contributed by atoms with van der Waals surface area (Å²) in [6.45, 7) is 3.78. The van der Waals surface area contributed by atoms with Crippen LogP contribution in [0.1, 0.15) is 0 Å². The van der Waals surface area contributed by atoms with Crippen LogP contribution < -0.4 is 10.2 Å². The molecule has 1 aliphatic heterocycles. The third-order valence-electron chi connectivity index (χ3n) is 3.27. The van der Waals surface area contributed by atoms with E-state index < -0.39 is 0 Å². The van der Waals surface area contributed by atoms with Gasteiger partial charge < -0.3 is 10.2 Å². The van der Waals surface area contributed by atoms with Crippen molar-refractivity contribution < 1.29 is 4.39 Å². The Labute approximate surface area is 135 Å². The first-order chi connectivity index (χ1) is 9.34. The van der Waals surface area contributed by atoms with Crippen molar-refractivity contribution in [2.24, 2.45) is 0 Å². The van der Waals surface area contributed by atoms with Crippen LogP contribution in [0.3, 0.4) is 0 Å². The van der Waals surface area contributed by atoms with Crippen molar-refractivity contribution >= 4 is 30.5 Å². The van der Waals surface area contributed by atoms with Gasteiger partial charge in [-0.15, -0.1) is 24.8 Å². The molecule has 21 heavy (non-hydrogen) atoms. The first-order valence-corrected chi connectivity index (χ1v) is 6.36. The number of hydrogen-bond acceptors (Lipinski definition) is 4. The van der Waals surface area contributed by atoms with Gasteiger partial charge in [-0.3, -0.25) is 0 Å². The number of rotatable bonds is 2. The average molecular weight is 331 g/mol. The SMILES string of the molecule is Cl.Cl.Fc1ccc(-c2ncncc2N2CCNCC2)cc1. The molecule has 1 fully saturated rings. The fourth-order valence-corrected chi connectivity index (χ4v) is 2.29. The standard InChI is InChI=1S/C14H15FN4.2ClH/c15-12-3-1-11(2-4-12)14-13(9-17-10-18-14)19-7-5-16-6-8-19;;/h1-4,9-10,16H,5-8H2;2*1H. The van der Waals surface area contributed by atoms with Crippen LogP contribution in [0.5, 0.6) is 0 Å². The molecule has 1 N–H and O–H groups in total. The highest BCUT2D eigenvalue weighted by Gasteiger charge is 2.16. The van der Waals surface area contributed by atoms with Crippen LogP contribution in [0.15, 0.2) is 36.8 Å². The highest BCUT2D eigenvalue weighted by atomic mass is 35.5. The van der Waals surface area contributed by atoms with E-state index in [1.54, 1.807) is 12.1 Å². The second-order valence-electron chi connectivity index (χ2n) is 4.50. The molecular weight excluding hydrogens is 314 g/mol. The van der Waals surface area contributed by atoms with Gasteiger partial charge in [-0.1, -0.05) is 0 Å². The highest BCUT2D eigenvalue weighted by Crippen LogP contribution is 2.28. The summed E-state index contributed by atoms with van der Waals surface area (Å²) in [5.41, 5.74) is 2.78. The zero-order valence-corrected chi connectivity index (χ0v) is 13.0. The maximum absolute atomic E-state index is 13.0. The van der Waals surface area contributed by atoms with Crippen LogP contribution in [0.2, 0.25) is 0 Å². The second-order valence-corrected chi connectivity index (χ2v) is 4.50. The first-order valence-electron chi connectivity index (χ1n) is 6.36. The van der Waals surface area contributed by atoms with Crippen LogP contribution in [-0.2, 0) is 0 Å². The Morgan fingerprint density at radius 1 is 1.05 bits per heavy atom. The highest BCUT2D eigenvalue weighted by molar-refractivity contribution is 5.85. The lowest BCUT2D eigenvalue weighted by Crippen LogP contribution is -2.43. The number of hydrogen-bond donors (Lipinski definition) is 1. The molecule has 0 unspecified atom stereocenters. The number of nitrogens with zero attached hydrogens (tertiary/aromatic N) is 3. The fourth-order valence-electron chi connectivity index (χ4n) is 2.29. The lowest BCUT2D eigenvalue weighted by molar-refractivity contribution is 0.588. The van der Waals surface area contributed by atoms with Crippen molar-refractivity contribution in [3.8, 4) is 11.3 Å². The van der Waals surface area contributed by atoms with Crippen molar-refractivity contribution in [1.82, 2.24) is 15.3 Å². The molecule has 1 aromatic heterocycles. The van der Waals surface area contributed by atoms with E-state index in [-0.39, 0.29) is 30.6 Å². The smallest absolute Gasteiger partial charge is 0.123 e. The van der Waals surface area contributed by atoms with Crippen molar-refractivity contribution in [3.63, 3.8) is 0 Å². The number of aromatic nitrogens is 2. The molecule has 0 amide bonds. The van der Waals surface area contributed by atoms with Gasteiger partial charge in [-0.05, 0) is 24.3 Å². The lowest BCUT2D eigenvalue weighted by atomic mass is 10.1. The zero-order valence-electron chi connectivity index (χ0n) is 11.3. The largest absolute Gasteiger partial charge is 0.366 e. The Kier molecular flexibility index (Phi) is 6.81. The van der Waals surface area contributed by atoms with Gasteiger partial charge in [0.25, 0.3) is 0 Å². The predicted octanol–water partition coefficient (Wildman–Crippen LogP) is 2.54. The van der Waals surface area contributed by atoms with Crippen molar-refractivity contribution in [2.45, 2.75) is 0 Å². The van der Waals surface area contributed by atoms with Crippen molar-refractivity contribution in [2.75, 3.05) is 31.1 Å². The fraction of sp³-hybridized carbons (Fsp3) is 0.286. The van der Waals surface area contributed by atoms with Crippen LogP contribution in [0, 0.1) is 5.82 Å². The Morgan fingerprint density at radius 3 is 2.38 bits per heavy atom. The molecule has 1 saturated heterocycles. The predicted molar refractivity (Wildman–Crippen MR) is 87.0 cm³/mol. The summed E-state index contributed by atoms with van der Waals surface area (Å²) >= 11 is 0. The molecule has 0 saturated carbocycles. The van der Waals surface area contributed by atoms with E-state index in [9.17, 15) is 4.39 Å². The van der Waals surface area contributed by atoms with E-state index in [0.29, 0.717) is 0 Å². The quantitative estimate of drug-likeness (QED) is 0.918. The minimum Gasteiger partial charge on any atom is -0.366 e. The molecule has 0 bridgehead atoms. The Balaban J connectivity index is 0.00000110. The monoisotopic (exact) mass is 330 g/mol. The summed E-state index contributed by atoms with van der Waals surface area (Å²) in [5, 5.41) is 3.32. The maximum Gasteiger partial charge on any atom is 0.123 e. The first kappa shape index (κ1) is 17.6. The van der Waals surface area contributed by atoms with Gasteiger partial charge >= 0.3 is 0 Å². The van der Waals surface area contributed by atoms with E-state index in [2.05, 4.69) is 20.2 Å². The molecule has 0 spiro atoms. The summed E-state index contributed by atoms with van der Waals surface area (Å²) < 4.78 is 13.0. The summed E-state index contributed by atoms with van der Waals surface area (Å²) in [5.74, 6) is -0.235. The minimum atomic E-state index is -0.235. The van der Waals surface area contributed by atoms with Gasteiger partial charge in [-0.25, -0.2) is 14.4 Å². The number of anilines is 1. The van der Waals surface area contributed by atoms with Crippen LogP contribution >= 0.6 is 24.8 Å². The molecule has 7 heteroatoms. The third kappa shape index (κ3) is 4.03. The topological polar surface area (TPSA) is 41.1 Å². The average Bonchev–Trinajstić information content (AvgIpc) is 2.49. The molecule has 1 aliphatic rings. The summed E-state index contributed by atoms with van der Waals surface area (Å²) in [6.07, 6.45) is 3.36. The number of halogens is 3. The molecule has 2 heterocycles. The van der Waals surface area contributed by atoms with Crippen LogP contribution in [-0.4, -0.2) is 36.1 Å². The van der Waals surface area contributed by atoms with Gasteiger partial charge in [0.2, 0.25) is 0 Å². The Hall–Kier alpha value is -1.43. The number of benzene rings is 1. The Bertz CT molecular complexity index is 559. The molecule has 114 valence electrons. The Morgan fingerprint density at radius 2 is 1.71 bits per heavy atom. The third-order valence-corrected chi connectivity index (χ3v) is 3.27. The van der Waals surface area contributed by atoms with Gasteiger partial charge in [0.05, 0.1) is 17.6 Å². The molecule has 0 atom stereocenters. The van der Waals surface area contributed by atoms with Gasteiger partial charge in [-0.2, -0.15) is 0 Å². The van der Waals surface area contributed by atoms with E-state index in [1.165, 1.54) is 18.5 Å². The van der Waals surface area contributed by atoms with Crippen LogP contribution in [0.25, 0.3) is 11.3 Å². The van der Waals surface area contributed by atoms with Gasteiger partial charge in [0.15, 0.2) is 0 Å². The summed E-state index contributed by atoms with van der Waals surface area (Å²) in [6, 6.07) is 6.42.